The summed E-state index contributed by atoms with van der Waals surface area (Å²) in [6, 6.07) is 8.49. The second-order valence-corrected chi connectivity index (χ2v) is 4.71. The lowest BCUT2D eigenvalue weighted by Gasteiger charge is -2.36. The van der Waals surface area contributed by atoms with Gasteiger partial charge in [-0.25, -0.2) is 0 Å². The second-order valence-electron chi connectivity index (χ2n) is 4.71. The van der Waals surface area contributed by atoms with Crippen molar-refractivity contribution in [2.75, 3.05) is 31.3 Å². The third-order valence-electron chi connectivity index (χ3n) is 3.53. The standard InChI is InChI=1S/C14H22N2O2/c1-2-14(15)11-3-5-12(6-4-11)16-7-8-18-10-13(16)9-17/h3-6,13-14,17H,2,7-10,15H2,1H3/t13?,14-/m0/s1. The molecule has 1 unspecified atom stereocenters. The van der Waals surface area contributed by atoms with Crippen LogP contribution in [0.2, 0.25) is 0 Å². The quantitative estimate of drug-likeness (QED) is 0.845. The van der Waals surface area contributed by atoms with E-state index in [9.17, 15) is 5.11 Å². The minimum atomic E-state index is 0.0597. The molecule has 1 saturated heterocycles. The molecule has 2 atom stereocenters. The van der Waals surface area contributed by atoms with Crippen molar-refractivity contribution in [1.82, 2.24) is 0 Å². The maximum absolute atomic E-state index is 9.36. The number of benzene rings is 1. The molecule has 18 heavy (non-hydrogen) atoms. The Kier molecular flexibility index (Phi) is 4.58. The Bertz CT molecular complexity index is 367. The second kappa shape index (κ2) is 6.18. The molecule has 0 spiro atoms. The van der Waals surface area contributed by atoms with Crippen LogP contribution in [0.25, 0.3) is 0 Å². The van der Waals surface area contributed by atoms with E-state index in [1.807, 2.05) is 0 Å². The number of rotatable bonds is 4. The van der Waals surface area contributed by atoms with Crippen LogP contribution in [-0.2, 0) is 4.74 Å². The fraction of sp³-hybridized carbons (Fsp3) is 0.571. The van der Waals surface area contributed by atoms with Crippen molar-refractivity contribution in [3.63, 3.8) is 0 Å². The molecular formula is C14H22N2O2. The van der Waals surface area contributed by atoms with Gasteiger partial charge in [-0.15, -0.1) is 0 Å². The van der Waals surface area contributed by atoms with E-state index in [1.165, 1.54) is 0 Å². The van der Waals surface area contributed by atoms with E-state index in [4.69, 9.17) is 10.5 Å². The summed E-state index contributed by atoms with van der Waals surface area (Å²) in [5.41, 5.74) is 8.29. The highest BCUT2D eigenvalue weighted by molar-refractivity contribution is 5.49. The first-order valence-corrected chi connectivity index (χ1v) is 6.57. The number of aliphatic hydroxyl groups excluding tert-OH is 1. The Morgan fingerprint density at radius 1 is 1.44 bits per heavy atom. The van der Waals surface area contributed by atoms with Gasteiger partial charge in [0.15, 0.2) is 0 Å². The fourth-order valence-corrected chi connectivity index (χ4v) is 2.29. The molecule has 0 bridgehead atoms. The van der Waals surface area contributed by atoms with Gasteiger partial charge in [-0.3, -0.25) is 0 Å². The number of nitrogens with zero attached hydrogens (tertiary/aromatic N) is 1. The Hall–Kier alpha value is -1.10. The van der Waals surface area contributed by atoms with Gasteiger partial charge < -0.3 is 20.5 Å². The van der Waals surface area contributed by atoms with Crippen LogP contribution in [0.5, 0.6) is 0 Å². The molecule has 0 saturated carbocycles. The number of hydrogen-bond acceptors (Lipinski definition) is 4. The van der Waals surface area contributed by atoms with Crippen LogP contribution in [-0.4, -0.2) is 37.5 Å². The summed E-state index contributed by atoms with van der Waals surface area (Å²) in [6.45, 7) is 4.34. The van der Waals surface area contributed by atoms with Gasteiger partial charge in [0.1, 0.15) is 0 Å². The van der Waals surface area contributed by atoms with Crippen molar-refractivity contribution >= 4 is 5.69 Å². The lowest BCUT2D eigenvalue weighted by molar-refractivity contribution is 0.0727. The summed E-state index contributed by atoms with van der Waals surface area (Å²) in [7, 11) is 0. The average molecular weight is 250 g/mol. The summed E-state index contributed by atoms with van der Waals surface area (Å²) in [5.74, 6) is 0. The molecule has 4 nitrogen and oxygen atoms in total. The topological polar surface area (TPSA) is 58.7 Å². The highest BCUT2D eigenvalue weighted by atomic mass is 16.5. The van der Waals surface area contributed by atoms with Crippen LogP contribution in [0.4, 0.5) is 5.69 Å². The summed E-state index contributed by atoms with van der Waals surface area (Å²) >= 11 is 0. The first-order chi connectivity index (χ1) is 8.76. The van der Waals surface area contributed by atoms with E-state index in [0.717, 1.165) is 24.2 Å². The summed E-state index contributed by atoms with van der Waals surface area (Å²) in [5, 5.41) is 9.36. The molecule has 1 aliphatic rings. The molecule has 0 aromatic heterocycles. The van der Waals surface area contributed by atoms with E-state index < -0.39 is 0 Å². The molecule has 1 aliphatic heterocycles. The van der Waals surface area contributed by atoms with Crippen LogP contribution in [0, 0.1) is 0 Å². The molecule has 1 heterocycles. The van der Waals surface area contributed by atoms with Crippen molar-refractivity contribution in [3.8, 4) is 0 Å². The Labute approximate surface area is 108 Å². The highest BCUT2D eigenvalue weighted by Gasteiger charge is 2.22. The van der Waals surface area contributed by atoms with Crippen LogP contribution < -0.4 is 10.6 Å². The maximum atomic E-state index is 9.36. The Balaban J connectivity index is 2.12. The predicted molar refractivity (Wildman–Crippen MR) is 72.7 cm³/mol. The third-order valence-corrected chi connectivity index (χ3v) is 3.53. The van der Waals surface area contributed by atoms with Gasteiger partial charge in [-0.1, -0.05) is 19.1 Å². The normalized spacial score (nSPS) is 21.9. The summed E-state index contributed by atoms with van der Waals surface area (Å²) in [6.07, 6.45) is 0.941. The number of hydrogen-bond donors (Lipinski definition) is 2. The van der Waals surface area contributed by atoms with Gasteiger partial charge in [0.2, 0.25) is 0 Å². The highest BCUT2D eigenvalue weighted by Crippen LogP contribution is 2.22. The molecule has 100 valence electrons. The van der Waals surface area contributed by atoms with E-state index in [1.54, 1.807) is 0 Å². The van der Waals surface area contributed by atoms with Gasteiger partial charge >= 0.3 is 0 Å². The zero-order chi connectivity index (χ0) is 13.0. The van der Waals surface area contributed by atoms with Gasteiger partial charge in [0.05, 0.1) is 25.9 Å². The largest absolute Gasteiger partial charge is 0.394 e. The van der Waals surface area contributed by atoms with Gasteiger partial charge in [0, 0.05) is 18.3 Å². The minimum Gasteiger partial charge on any atom is -0.394 e. The zero-order valence-corrected chi connectivity index (χ0v) is 10.9. The van der Waals surface area contributed by atoms with Gasteiger partial charge in [-0.2, -0.15) is 0 Å². The summed E-state index contributed by atoms with van der Waals surface area (Å²) < 4.78 is 5.38. The van der Waals surface area contributed by atoms with Crippen LogP contribution in [0.1, 0.15) is 24.9 Å². The first kappa shape index (κ1) is 13.3. The van der Waals surface area contributed by atoms with E-state index in [-0.39, 0.29) is 18.7 Å². The average Bonchev–Trinajstić information content (AvgIpc) is 2.46. The van der Waals surface area contributed by atoms with Crippen LogP contribution in [0.3, 0.4) is 0 Å². The number of nitrogens with two attached hydrogens (primary N) is 1. The molecule has 0 aliphatic carbocycles. The number of aliphatic hydroxyl groups is 1. The molecule has 2 rings (SSSR count). The zero-order valence-electron chi connectivity index (χ0n) is 10.9. The molecule has 0 radical (unpaired) electrons. The van der Waals surface area contributed by atoms with Crippen molar-refractivity contribution in [2.24, 2.45) is 5.73 Å². The van der Waals surface area contributed by atoms with E-state index in [0.29, 0.717) is 13.2 Å². The summed E-state index contributed by atoms with van der Waals surface area (Å²) in [4.78, 5) is 2.20. The minimum absolute atomic E-state index is 0.0597. The Morgan fingerprint density at radius 2 is 2.17 bits per heavy atom. The number of morpholine rings is 1. The van der Waals surface area contributed by atoms with Crippen molar-refractivity contribution < 1.29 is 9.84 Å². The van der Waals surface area contributed by atoms with Crippen molar-refractivity contribution in [2.45, 2.75) is 25.4 Å². The monoisotopic (exact) mass is 250 g/mol. The molecule has 1 fully saturated rings. The maximum Gasteiger partial charge on any atom is 0.0755 e. The number of anilines is 1. The lowest BCUT2D eigenvalue weighted by Crippen LogP contribution is -2.47. The Morgan fingerprint density at radius 3 is 2.78 bits per heavy atom. The van der Waals surface area contributed by atoms with Crippen LogP contribution in [0.15, 0.2) is 24.3 Å². The molecule has 1 aromatic carbocycles. The van der Waals surface area contributed by atoms with Crippen LogP contribution >= 0.6 is 0 Å². The third kappa shape index (κ3) is 2.83. The molecular weight excluding hydrogens is 228 g/mol. The van der Waals surface area contributed by atoms with E-state index >= 15 is 0 Å². The van der Waals surface area contributed by atoms with Gasteiger partial charge in [-0.05, 0) is 24.1 Å². The number of ether oxygens (including phenoxy) is 1. The predicted octanol–water partition coefficient (Wildman–Crippen LogP) is 1.29. The van der Waals surface area contributed by atoms with Crippen molar-refractivity contribution in [3.05, 3.63) is 29.8 Å². The van der Waals surface area contributed by atoms with Gasteiger partial charge in [0.25, 0.3) is 0 Å². The molecule has 4 heteroatoms. The smallest absolute Gasteiger partial charge is 0.0755 e. The first-order valence-electron chi connectivity index (χ1n) is 6.57. The lowest BCUT2D eigenvalue weighted by atomic mass is 10.0. The van der Waals surface area contributed by atoms with Crippen molar-refractivity contribution in [1.29, 1.82) is 0 Å². The fourth-order valence-electron chi connectivity index (χ4n) is 2.29. The molecule has 1 aromatic rings. The molecule has 0 amide bonds. The molecule has 3 N–H and O–H groups in total. The SMILES string of the molecule is CC[C@H](N)c1ccc(N2CCOCC2CO)cc1. The van der Waals surface area contributed by atoms with E-state index in [2.05, 4.69) is 36.1 Å².